The molecule has 3 heteroatoms. The maximum Gasteiger partial charge on any atom is 0.168 e. The Morgan fingerprint density at radius 3 is 2.57 bits per heavy atom. The molecule has 0 aromatic heterocycles. The van der Waals surface area contributed by atoms with Crippen LogP contribution in [0.3, 0.4) is 0 Å². The maximum atomic E-state index is 11.7. The van der Waals surface area contributed by atoms with Crippen LogP contribution in [0.4, 0.5) is 0 Å². The summed E-state index contributed by atoms with van der Waals surface area (Å²) in [5.41, 5.74) is 3.23. The van der Waals surface area contributed by atoms with Gasteiger partial charge in [-0.05, 0) is 53.9 Å². The van der Waals surface area contributed by atoms with Crippen LogP contribution in [-0.2, 0) is 13.0 Å². The van der Waals surface area contributed by atoms with Crippen molar-refractivity contribution < 1.29 is 14.6 Å². The molecule has 2 aliphatic rings. The van der Waals surface area contributed by atoms with Crippen molar-refractivity contribution >= 4 is 5.57 Å². The third-order valence-corrected chi connectivity index (χ3v) is 6.80. The van der Waals surface area contributed by atoms with Crippen LogP contribution >= 0.6 is 0 Å². The van der Waals surface area contributed by atoms with E-state index in [0.717, 1.165) is 42.4 Å². The van der Waals surface area contributed by atoms with Gasteiger partial charge in [-0.25, -0.2) is 0 Å². The summed E-state index contributed by atoms with van der Waals surface area (Å²) in [6.45, 7) is 9.38. The van der Waals surface area contributed by atoms with Gasteiger partial charge in [0.15, 0.2) is 11.5 Å². The van der Waals surface area contributed by atoms with Gasteiger partial charge in [0.2, 0.25) is 0 Å². The lowest BCUT2D eigenvalue weighted by Gasteiger charge is -2.53. The summed E-state index contributed by atoms with van der Waals surface area (Å²) in [5, 5.41) is 11.7. The fourth-order valence-corrected chi connectivity index (χ4v) is 5.21. The van der Waals surface area contributed by atoms with Crippen LogP contribution in [0.2, 0.25) is 0 Å². The molecule has 2 aliphatic carbocycles. The molecule has 0 spiro atoms. The maximum absolute atomic E-state index is 11.7. The molecule has 0 saturated heterocycles. The zero-order valence-electron chi connectivity index (χ0n) is 17.1. The van der Waals surface area contributed by atoms with Gasteiger partial charge < -0.3 is 14.6 Å². The number of aliphatic hydroxyl groups is 1. The first kappa shape index (κ1) is 19.1. The molecule has 1 fully saturated rings. The minimum atomic E-state index is -0.875. The Balaban J connectivity index is 1.71. The van der Waals surface area contributed by atoms with E-state index in [0.29, 0.717) is 18.1 Å². The molecule has 0 amide bonds. The molecule has 2 aromatic rings. The molecular weight excluding hydrogens is 348 g/mol. The van der Waals surface area contributed by atoms with Crippen LogP contribution in [0.5, 0.6) is 11.5 Å². The van der Waals surface area contributed by atoms with Crippen molar-refractivity contribution in [1.29, 1.82) is 0 Å². The first-order valence-electron chi connectivity index (χ1n) is 10.2. The third-order valence-electron chi connectivity index (χ3n) is 6.80. The van der Waals surface area contributed by atoms with Crippen molar-refractivity contribution in [2.75, 3.05) is 7.11 Å². The van der Waals surface area contributed by atoms with Crippen molar-refractivity contribution in [2.24, 2.45) is 11.3 Å². The molecule has 0 aliphatic heterocycles. The Morgan fingerprint density at radius 2 is 1.86 bits per heavy atom. The second kappa shape index (κ2) is 6.97. The molecule has 1 saturated carbocycles. The molecule has 148 valence electrons. The normalized spacial score (nSPS) is 25.6. The van der Waals surface area contributed by atoms with E-state index in [2.05, 4.69) is 26.5 Å². The van der Waals surface area contributed by atoms with Crippen molar-refractivity contribution in [1.82, 2.24) is 0 Å². The Kier molecular flexibility index (Phi) is 4.75. The molecule has 28 heavy (non-hydrogen) atoms. The lowest BCUT2D eigenvalue weighted by Crippen LogP contribution is -2.52. The fourth-order valence-electron chi connectivity index (χ4n) is 5.21. The molecular formula is C25H30O3. The minimum Gasteiger partial charge on any atom is -0.492 e. The fraction of sp³-hybridized carbons (Fsp3) is 0.440. The summed E-state index contributed by atoms with van der Waals surface area (Å²) >= 11 is 0. The van der Waals surface area contributed by atoms with Gasteiger partial charge in [0.25, 0.3) is 0 Å². The van der Waals surface area contributed by atoms with Gasteiger partial charge in [-0.3, -0.25) is 0 Å². The molecule has 4 rings (SSSR count). The van der Waals surface area contributed by atoms with Crippen LogP contribution in [0.1, 0.15) is 49.8 Å². The second-order valence-electron chi connectivity index (χ2n) is 8.91. The van der Waals surface area contributed by atoms with Gasteiger partial charge in [0.05, 0.1) is 12.7 Å². The number of fused-ring (bicyclic) bond motifs is 2. The molecule has 0 radical (unpaired) electrons. The lowest BCUT2D eigenvalue weighted by atomic mass is 9.54. The van der Waals surface area contributed by atoms with E-state index in [9.17, 15) is 5.11 Å². The number of methoxy groups -OCH3 is 1. The standard InChI is InChI=1S/C25H30O3/c1-17-22-19(15-21-24(2,3)13-8-14-25(17,21)26)11-12-20(23(22)27-4)28-16-18-9-6-5-7-10-18/h5-7,9-12,21,26H,1,8,13-16H2,2-4H3/t21-,25-/m0/s1. The highest BCUT2D eigenvalue weighted by Gasteiger charge is 2.53. The monoisotopic (exact) mass is 378 g/mol. The molecule has 0 unspecified atom stereocenters. The van der Waals surface area contributed by atoms with Crippen LogP contribution in [-0.4, -0.2) is 17.8 Å². The van der Waals surface area contributed by atoms with Crippen molar-refractivity contribution in [3.05, 3.63) is 65.7 Å². The molecule has 0 bridgehead atoms. The highest BCUT2D eigenvalue weighted by atomic mass is 16.5. The van der Waals surface area contributed by atoms with E-state index in [1.54, 1.807) is 7.11 Å². The number of benzene rings is 2. The average molecular weight is 379 g/mol. The molecule has 1 N–H and O–H groups in total. The number of rotatable bonds is 4. The predicted octanol–water partition coefficient (Wildman–Crippen LogP) is 5.40. The van der Waals surface area contributed by atoms with Crippen LogP contribution in [0, 0.1) is 11.3 Å². The summed E-state index contributed by atoms with van der Waals surface area (Å²) in [7, 11) is 1.67. The minimum absolute atomic E-state index is 0.0867. The summed E-state index contributed by atoms with van der Waals surface area (Å²) in [6.07, 6.45) is 3.75. The quantitative estimate of drug-likeness (QED) is 0.774. The van der Waals surface area contributed by atoms with Crippen LogP contribution in [0.25, 0.3) is 5.57 Å². The molecule has 2 atom stereocenters. The van der Waals surface area contributed by atoms with Gasteiger partial charge in [0.1, 0.15) is 6.61 Å². The van der Waals surface area contributed by atoms with Gasteiger partial charge in [-0.1, -0.05) is 56.8 Å². The Hall–Kier alpha value is -2.26. The second-order valence-corrected chi connectivity index (χ2v) is 8.91. The Bertz CT molecular complexity index is 884. The smallest absolute Gasteiger partial charge is 0.168 e. The average Bonchev–Trinajstić information content (AvgIpc) is 2.68. The third kappa shape index (κ3) is 3.02. The van der Waals surface area contributed by atoms with Crippen molar-refractivity contribution in [3.63, 3.8) is 0 Å². The first-order chi connectivity index (χ1) is 13.4. The summed E-state index contributed by atoms with van der Waals surface area (Å²) in [4.78, 5) is 0. The zero-order valence-corrected chi connectivity index (χ0v) is 17.1. The van der Waals surface area contributed by atoms with Crippen molar-refractivity contribution in [2.45, 2.75) is 51.7 Å². The summed E-state index contributed by atoms with van der Waals surface area (Å²) in [6, 6.07) is 14.2. The summed E-state index contributed by atoms with van der Waals surface area (Å²) < 4.78 is 11.9. The summed E-state index contributed by atoms with van der Waals surface area (Å²) in [5.74, 6) is 1.56. The Morgan fingerprint density at radius 1 is 1.11 bits per heavy atom. The van der Waals surface area contributed by atoms with Gasteiger partial charge in [-0.2, -0.15) is 0 Å². The first-order valence-corrected chi connectivity index (χ1v) is 10.2. The topological polar surface area (TPSA) is 38.7 Å². The van der Waals surface area contributed by atoms with Gasteiger partial charge in [-0.15, -0.1) is 0 Å². The predicted molar refractivity (Wildman–Crippen MR) is 113 cm³/mol. The Labute approximate surface area is 168 Å². The van der Waals surface area contributed by atoms with E-state index in [-0.39, 0.29) is 11.3 Å². The van der Waals surface area contributed by atoms with Crippen LogP contribution in [0.15, 0.2) is 49.0 Å². The highest BCUT2D eigenvalue weighted by Crippen LogP contribution is 2.57. The highest BCUT2D eigenvalue weighted by molar-refractivity contribution is 5.81. The van der Waals surface area contributed by atoms with E-state index < -0.39 is 5.60 Å². The van der Waals surface area contributed by atoms with Gasteiger partial charge in [0, 0.05) is 11.5 Å². The van der Waals surface area contributed by atoms with Gasteiger partial charge >= 0.3 is 0 Å². The van der Waals surface area contributed by atoms with E-state index in [1.165, 1.54) is 5.56 Å². The number of hydrogen-bond donors (Lipinski definition) is 1. The van der Waals surface area contributed by atoms with E-state index in [1.807, 2.05) is 36.4 Å². The lowest BCUT2D eigenvalue weighted by molar-refractivity contribution is -0.0624. The van der Waals surface area contributed by atoms with Crippen molar-refractivity contribution in [3.8, 4) is 11.5 Å². The van der Waals surface area contributed by atoms with Crippen LogP contribution < -0.4 is 9.47 Å². The zero-order chi connectivity index (χ0) is 19.9. The molecule has 0 heterocycles. The molecule has 2 aromatic carbocycles. The molecule has 3 nitrogen and oxygen atoms in total. The number of ether oxygens (including phenoxy) is 2. The van der Waals surface area contributed by atoms with E-state index >= 15 is 0 Å². The number of hydrogen-bond acceptors (Lipinski definition) is 3. The van der Waals surface area contributed by atoms with E-state index in [4.69, 9.17) is 9.47 Å². The SMILES string of the molecule is C=C1c2c(ccc(OCc3ccccc3)c2OC)C[C@H]2C(C)(C)CCC[C@]12O. The largest absolute Gasteiger partial charge is 0.492 e.